The van der Waals surface area contributed by atoms with Crippen molar-refractivity contribution in [3.8, 4) is 0 Å². The zero-order valence-corrected chi connectivity index (χ0v) is 45.3. The number of aliphatic hydroxyl groups is 2. The molecular weight excluding hydrogens is 827 g/mol. The van der Waals surface area contributed by atoms with Gasteiger partial charge in [0.15, 0.2) is 0 Å². The van der Waals surface area contributed by atoms with Crippen LogP contribution in [0.25, 0.3) is 0 Å². The molecule has 6 heteroatoms. The highest BCUT2D eigenvalue weighted by molar-refractivity contribution is 5.77. The summed E-state index contributed by atoms with van der Waals surface area (Å²) in [5.41, 5.74) is 0. The molecule has 0 saturated heterocycles. The predicted octanol–water partition coefficient (Wildman–Crippen LogP) is 18.6. The summed E-state index contributed by atoms with van der Waals surface area (Å²) in [6, 6.07) is -0.707. The second-order valence-electron chi connectivity index (χ2n) is 20.8. The number of esters is 1. The highest BCUT2D eigenvalue weighted by Gasteiger charge is 2.24. The van der Waals surface area contributed by atoms with Gasteiger partial charge in [0.05, 0.1) is 25.2 Å². The molecule has 0 aromatic heterocycles. The SMILES string of the molecule is CCCCCCCCC/C=C/C=C/CCCCCC(CC(=O)NC(CO)C(O)CCCCCCCCCCCCCCCCCC)OC(=O)CCCCCCCCCCCCCCCCCC. The van der Waals surface area contributed by atoms with E-state index in [0.29, 0.717) is 19.3 Å². The van der Waals surface area contributed by atoms with Gasteiger partial charge in [-0.3, -0.25) is 9.59 Å². The Hall–Kier alpha value is -1.66. The van der Waals surface area contributed by atoms with E-state index in [-0.39, 0.29) is 24.9 Å². The summed E-state index contributed by atoms with van der Waals surface area (Å²) in [5.74, 6) is -0.479. The van der Waals surface area contributed by atoms with Crippen molar-refractivity contribution in [1.29, 1.82) is 0 Å². The summed E-state index contributed by atoms with van der Waals surface area (Å²) in [6.07, 6.45) is 65.3. The summed E-state index contributed by atoms with van der Waals surface area (Å²) in [6.45, 7) is 6.52. The van der Waals surface area contributed by atoms with Crippen LogP contribution in [0.1, 0.15) is 329 Å². The number of aliphatic hydroxyl groups excluding tert-OH is 2. The largest absolute Gasteiger partial charge is 0.462 e. The molecule has 1 amide bonds. The lowest BCUT2D eigenvalue weighted by atomic mass is 10.0. The van der Waals surface area contributed by atoms with Gasteiger partial charge < -0.3 is 20.3 Å². The van der Waals surface area contributed by atoms with E-state index in [1.807, 2.05) is 0 Å². The smallest absolute Gasteiger partial charge is 0.306 e. The van der Waals surface area contributed by atoms with Crippen molar-refractivity contribution in [1.82, 2.24) is 5.32 Å². The molecule has 396 valence electrons. The van der Waals surface area contributed by atoms with E-state index in [4.69, 9.17) is 4.74 Å². The third kappa shape index (κ3) is 50.5. The molecule has 0 heterocycles. The van der Waals surface area contributed by atoms with Crippen LogP contribution < -0.4 is 5.32 Å². The fraction of sp³-hybridized carbons (Fsp3) is 0.902. The second-order valence-corrected chi connectivity index (χ2v) is 20.8. The van der Waals surface area contributed by atoms with Crippen LogP contribution >= 0.6 is 0 Å². The molecule has 3 unspecified atom stereocenters. The minimum Gasteiger partial charge on any atom is -0.462 e. The first kappa shape index (κ1) is 65.3. The number of carbonyl (C=O) groups is 2. The molecule has 67 heavy (non-hydrogen) atoms. The van der Waals surface area contributed by atoms with E-state index >= 15 is 0 Å². The maximum absolute atomic E-state index is 13.3. The molecule has 0 aliphatic carbocycles. The van der Waals surface area contributed by atoms with E-state index in [1.54, 1.807) is 0 Å². The van der Waals surface area contributed by atoms with Gasteiger partial charge in [0.1, 0.15) is 6.10 Å². The van der Waals surface area contributed by atoms with Crippen molar-refractivity contribution in [2.45, 2.75) is 347 Å². The quantitative estimate of drug-likeness (QED) is 0.0321. The van der Waals surface area contributed by atoms with Crippen LogP contribution in [-0.4, -0.2) is 46.9 Å². The number of hydrogen-bond donors (Lipinski definition) is 3. The van der Waals surface area contributed by atoms with E-state index in [9.17, 15) is 19.8 Å². The monoisotopic (exact) mass is 944 g/mol. The first-order valence-corrected chi connectivity index (χ1v) is 30.1. The highest BCUT2D eigenvalue weighted by Crippen LogP contribution is 2.19. The summed E-state index contributed by atoms with van der Waals surface area (Å²) in [7, 11) is 0. The van der Waals surface area contributed by atoms with Gasteiger partial charge in [0, 0.05) is 6.42 Å². The van der Waals surface area contributed by atoms with Crippen LogP contribution in [0.3, 0.4) is 0 Å². The number of carbonyl (C=O) groups excluding carboxylic acids is 2. The van der Waals surface area contributed by atoms with Crippen molar-refractivity contribution < 1.29 is 24.5 Å². The lowest BCUT2D eigenvalue weighted by molar-refractivity contribution is -0.151. The molecule has 0 aliphatic heterocycles. The first-order valence-electron chi connectivity index (χ1n) is 30.1. The van der Waals surface area contributed by atoms with E-state index in [0.717, 1.165) is 64.2 Å². The Bertz CT molecular complexity index is 1060. The van der Waals surface area contributed by atoms with Gasteiger partial charge in [-0.15, -0.1) is 0 Å². The Balaban J connectivity index is 4.55. The Morgan fingerprint density at radius 1 is 0.433 bits per heavy atom. The number of unbranched alkanes of at least 4 members (excludes halogenated alkanes) is 40. The fourth-order valence-corrected chi connectivity index (χ4v) is 9.48. The molecule has 0 aromatic rings. The van der Waals surface area contributed by atoms with Crippen molar-refractivity contribution in [2.75, 3.05) is 6.61 Å². The van der Waals surface area contributed by atoms with E-state index in [2.05, 4.69) is 50.4 Å². The molecule has 0 radical (unpaired) electrons. The van der Waals surface area contributed by atoms with Gasteiger partial charge in [-0.1, -0.05) is 289 Å². The van der Waals surface area contributed by atoms with Crippen LogP contribution in [-0.2, 0) is 14.3 Å². The van der Waals surface area contributed by atoms with Gasteiger partial charge in [0.25, 0.3) is 0 Å². The maximum Gasteiger partial charge on any atom is 0.306 e. The molecule has 0 saturated carbocycles. The number of allylic oxidation sites excluding steroid dienone is 4. The molecule has 0 aromatic carbocycles. The number of rotatable bonds is 55. The molecule has 3 atom stereocenters. The second kappa shape index (κ2) is 55.3. The average Bonchev–Trinajstić information content (AvgIpc) is 3.32. The number of hydrogen-bond acceptors (Lipinski definition) is 5. The predicted molar refractivity (Wildman–Crippen MR) is 292 cm³/mol. The molecule has 3 N–H and O–H groups in total. The van der Waals surface area contributed by atoms with Crippen LogP contribution in [0.5, 0.6) is 0 Å². The lowest BCUT2D eigenvalue weighted by Crippen LogP contribution is -2.46. The van der Waals surface area contributed by atoms with Crippen molar-refractivity contribution >= 4 is 11.9 Å². The van der Waals surface area contributed by atoms with Gasteiger partial charge in [0.2, 0.25) is 5.91 Å². The summed E-state index contributed by atoms with van der Waals surface area (Å²) in [5, 5.41) is 23.9. The van der Waals surface area contributed by atoms with Crippen molar-refractivity contribution in [3.63, 3.8) is 0 Å². The van der Waals surface area contributed by atoms with Crippen LogP contribution in [0, 0.1) is 0 Å². The van der Waals surface area contributed by atoms with Crippen LogP contribution in [0.15, 0.2) is 24.3 Å². The van der Waals surface area contributed by atoms with Crippen molar-refractivity contribution in [3.05, 3.63) is 24.3 Å². The van der Waals surface area contributed by atoms with Gasteiger partial charge in [-0.2, -0.15) is 0 Å². The number of amides is 1. The maximum atomic E-state index is 13.3. The molecule has 0 bridgehead atoms. The van der Waals surface area contributed by atoms with Gasteiger partial charge >= 0.3 is 5.97 Å². The Morgan fingerprint density at radius 2 is 0.746 bits per heavy atom. The zero-order valence-electron chi connectivity index (χ0n) is 45.3. The van der Waals surface area contributed by atoms with Crippen molar-refractivity contribution in [2.24, 2.45) is 0 Å². The molecule has 0 fully saturated rings. The van der Waals surface area contributed by atoms with Crippen LogP contribution in [0.4, 0.5) is 0 Å². The minimum absolute atomic E-state index is 0.0659. The highest BCUT2D eigenvalue weighted by atomic mass is 16.5. The number of ether oxygens (including phenoxy) is 1. The third-order valence-electron chi connectivity index (χ3n) is 14.1. The van der Waals surface area contributed by atoms with Gasteiger partial charge in [-0.05, 0) is 51.4 Å². The fourth-order valence-electron chi connectivity index (χ4n) is 9.48. The molecule has 0 aliphatic rings. The number of nitrogens with one attached hydrogen (secondary N) is 1. The molecular formula is C61H117NO5. The normalized spacial score (nSPS) is 13.2. The molecule has 0 rings (SSSR count). The lowest BCUT2D eigenvalue weighted by Gasteiger charge is -2.24. The summed E-state index contributed by atoms with van der Waals surface area (Å²) < 4.78 is 5.96. The Morgan fingerprint density at radius 3 is 1.12 bits per heavy atom. The zero-order chi connectivity index (χ0) is 48.8. The minimum atomic E-state index is -0.792. The first-order chi connectivity index (χ1) is 33.0. The third-order valence-corrected chi connectivity index (χ3v) is 14.1. The van der Waals surface area contributed by atoms with Crippen LogP contribution in [0.2, 0.25) is 0 Å². The molecule has 0 spiro atoms. The van der Waals surface area contributed by atoms with E-state index in [1.165, 1.54) is 218 Å². The topological polar surface area (TPSA) is 95.9 Å². The molecule has 6 nitrogen and oxygen atoms in total. The van der Waals surface area contributed by atoms with Gasteiger partial charge in [-0.25, -0.2) is 0 Å². The Kier molecular flexibility index (Phi) is 53.9. The average molecular weight is 945 g/mol. The Labute approximate surface area is 418 Å². The summed E-state index contributed by atoms with van der Waals surface area (Å²) >= 11 is 0. The summed E-state index contributed by atoms with van der Waals surface area (Å²) in [4.78, 5) is 26.3. The van der Waals surface area contributed by atoms with E-state index < -0.39 is 18.2 Å². The standard InChI is InChI=1S/C61H117NO5/c1-4-7-10-13-16-19-22-25-28-31-34-37-40-43-46-49-52-57(67-61(66)54-51-48-45-42-39-36-33-30-27-24-21-18-15-12-9-6-3)55-60(65)62-58(56-63)59(64)53-50-47-44-41-38-35-32-29-26-23-20-17-14-11-8-5-2/h28,31,34,37,57-59,63-64H,4-27,29-30,32-33,35-36,38-56H2,1-3H3,(H,62,65)/b31-28+,37-34+.